The first kappa shape index (κ1) is 24.0. The Morgan fingerprint density at radius 3 is 2.60 bits per heavy atom. The first-order valence-corrected chi connectivity index (χ1v) is 12.4. The molecule has 0 amide bonds. The highest BCUT2D eigenvalue weighted by Crippen LogP contribution is 2.34. The van der Waals surface area contributed by atoms with Gasteiger partial charge in [-0.05, 0) is 65.8 Å². The van der Waals surface area contributed by atoms with Gasteiger partial charge < -0.3 is 24.4 Å². The second-order valence-electron chi connectivity index (χ2n) is 9.87. The molecule has 2 heterocycles. The molecule has 4 atom stereocenters. The lowest BCUT2D eigenvalue weighted by Crippen LogP contribution is -2.33. The zero-order valence-corrected chi connectivity index (χ0v) is 20.4. The summed E-state index contributed by atoms with van der Waals surface area (Å²) in [5.74, 6) is 0.837. The molecule has 2 aliphatic rings. The second-order valence-corrected chi connectivity index (χ2v) is 9.87. The molecule has 2 aliphatic heterocycles. The molecule has 2 N–H and O–H groups in total. The number of aliphatic hydroxyl groups is 2. The van der Waals surface area contributed by atoms with Gasteiger partial charge in [-0.3, -0.25) is 0 Å². The summed E-state index contributed by atoms with van der Waals surface area (Å²) >= 11 is 0. The maximum Gasteiger partial charge on any atom is 0.119 e. The predicted octanol–water partition coefficient (Wildman–Crippen LogP) is 5.12. The molecule has 184 valence electrons. The average molecular weight is 475 g/mol. The number of aliphatic hydroxyl groups excluding tert-OH is 2. The Bertz CT molecular complexity index is 1160. The van der Waals surface area contributed by atoms with Crippen molar-refractivity contribution >= 4 is 0 Å². The lowest BCUT2D eigenvalue weighted by molar-refractivity contribution is -0.113. The molecule has 5 nitrogen and oxygen atoms in total. The number of hydrogen-bond acceptors (Lipinski definition) is 5. The third-order valence-corrected chi connectivity index (χ3v) is 7.13. The van der Waals surface area contributed by atoms with E-state index in [0.29, 0.717) is 26.1 Å². The Morgan fingerprint density at radius 1 is 0.971 bits per heavy atom. The first-order valence-electron chi connectivity index (χ1n) is 12.4. The number of fused-ring (bicyclic) bond motifs is 1. The molecule has 5 rings (SSSR count). The molecular formula is C30H34O5. The minimum absolute atomic E-state index is 0.0269. The van der Waals surface area contributed by atoms with E-state index in [-0.39, 0.29) is 24.9 Å². The van der Waals surface area contributed by atoms with Crippen LogP contribution in [-0.4, -0.2) is 35.6 Å². The Morgan fingerprint density at radius 2 is 1.80 bits per heavy atom. The molecule has 0 radical (unpaired) electrons. The topological polar surface area (TPSA) is 68.2 Å². The van der Waals surface area contributed by atoms with Crippen molar-refractivity contribution in [3.63, 3.8) is 0 Å². The first-order chi connectivity index (χ1) is 17.0. The Hall–Kier alpha value is -2.70. The summed E-state index contributed by atoms with van der Waals surface area (Å²) in [7, 11) is 0. The minimum Gasteiger partial charge on any atom is -0.491 e. The van der Waals surface area contributed by atoms with Crippen molar-refractivity contribution < 1.29 is 24.4 Å². The van der Waals surface area contributed by atoms with Gasteiger partial charge in [-0.25, -0.2) is 0 Å². The summed E-state index contributed by atoms with van der Waals surface area (Å²) in [5.41, 5.74) is 8.42. The van der Waals surface area contributed by atoms with Crippen molar-refractivity contribution in [3.05, 3.63) is 99.6 Å². The highest BCUT2D eigenvalue weighted by Gasteiger charge is 2.29. The molecule has 1 unspecified atom stereocenters. The van der Waals surface area contributed by atoms with Crippen LogP contribution in [0.15, 0.2) is 60.7 Å². The van der Waals surface area contributed by atoms with Crippen LogP contribution in [0.5, 0.6) is 5.75 Å². The lowest BCUT2D eigenvalue weighted by Gasteiger charge is -2.32. The Kier molecular flexibility index (Phi) is 7.21. The van der Waals surface area contributed by atoms with E-state index in [1.807, 2.05) is 12.1 Å². The van der Waals surface area contributed by atoms with Gasteiger partial charge in [-0.15, -0.1) is 0 Å². The molecule has 3 aromatic carbocycles. The van der Waals surface area contributed by atoms with Gasteiger partial charge in [0, 0.05) is 12.8 Å². The monoisotopic (exact) mass is 474 g/mol. The summed E-state index contributed by atoms with van der Waals surface area (Å²) in [4.78, 5) is 0. The fraction of sp³-hybridized carbons (Fsp3) is 0.400. The van der Waals surface area contributed by atoms with E-state index < -0.39 is 6.10 Å². The van der Waals surface area contributed by atoms with Crippen molar-refractivity contribution in [2.75, 3.05) is 13.2 Å². The molecule has 3 aromatic rings. The van der Waals surface area contributed by atoms with E-state index >= 15 is 0 Å². The van der Waals surface area contributed by atoms with Crippen LogP contribution in [0.25, 0.3) is 0 Å². The summed E-state index contributed by atoms with van der Waals surface area (Å²) in [5, 5.41) is 19.7. The molecule has 1 saturated heterocycles. The lowest BCUT2D eigenvalue weighted by atomic mass is 9.92. The van der Waals surface area contributed by atoms with Crippen molar-refractivity contribution in [2.24, 2.45) is 0 Å². The minimum atomic E-state index is -0.449. The Labute approximate surface area is 207 Å². The highest BCUT2D eigenvalue weighted by atomic mass is 16.5. The van der Waals surface area contributed by atoms with E-state index in [1.54, 1.807) is 0 Å². The number of aryl methyl sites for hydroxylation is 2. The molecule has 1 fully saturated rings. The molecule has 5 heteroatoms. The van der Waals surface area contributed by atoms with Crippen LogP contribution in [0.2, 0.25) is 0 Å². The highest BCUT2D eigenvalue weighted by molar-refractivity contribution is 5.38. The van der Waals surface area contributed by atoms with Crippen LogP contribution in [0.1, 0.15) is 64.0 Å². The number of benzene rings is 3. The quantitative estimate of drug-likeness (QED) is 0.498. The largest absolute Gasteiger partial charge is 0.491 e. The zero-order valence-electron chi connectivity index (χ0n) is 20.4. The summed E-state index contributed by atoms with van der Waals surface area (Å²) < 4.78 is 18.0. The Balaban J connectivity index is 1.22. The molecule has 0 saturated carbocycles. The summed E-state index contributed by atoms with van der Waals surface area (Å²) in [6.07, 6.45) is 0.859. The fourth-order valence-electron chi connectivity index (χ4n) is 5.06. The van der Waals surface area contributed by atoms with E-state index in [2.05, 4.69) is 62.4 Å². The van der Waals surface area contributed by atoms with Crippen LogP contribution < -0.4 is 4.74 Å². The van der Waals surface area contributed by atoms with Crippen LogP contribution in [0, 0.1) is 13.8 Å². The van der Waals surface area contributed by atoms with E-state index in [1.165, 1.54) is 33.4 Å². The van der Waals surface area contributed by atoms with Crippen LogP contribution in [0.3, 0.4) is 0 Å². The SMILES string of the molecule is Cc1ccc2c(c1)C(COc1ccc(Cc3cc([C@H]4C[C@@H](O)C[C@@H](CO)O4)ccc3C)cc1)OC2. The molecule has 0 aromatic heterocycles. The molecular weight excluding hydrogens is 440 g/mol. The van der Waals surface area contributed by atoms with Crippen molar-refractivity contribution in [1.29, 1.82) is 0 Å². The molecule has 0 spiro atoms. The van der Waals surface area contributed by atoms with Gasteiger partial charge in [-0.2, -0.15) is 0 Å². The number of rotatable bonds is 7. The van der Waals surface area contributed by atoms with Crippen molar-refractivity contribution in [2.45, 2.75) is 64.1 Å². The average Bonchev–Trinajstić information content (AvgIpc) is 3.26. The van der Waals surface area contributed by atoms with Gasteiger partial charge in [0.15, 0.2) is 0 Å². The number of hydrogen-bond donors (Lipinski definition) is 2. The zero-order chi connectivity index (χ0) is 24.4. The van der Waals surface area contributed by atoms with Gasteiger partial charge in [0.05, 0.1) is 31.5 Å². The normalized spacial score (nSPS) is 23.8. The van der Waals surface area contributed by atoms with Gasteiger partial charge in [0.2, 0.25) is 0 Å². The third-order valence-electron chi connectivity index (χ3n) is 7.13. The third kappa shape index (κ3) is 5.60. The van der Waals surface area contributed by atoms with Crippen LogP contribution in [-0.2, 0) is 22.5 Å². The van der Waals surface area contributed by atoms with E-state index in [9.17, 15) is 10.2 Å². The van der Waals surface area contributed by atoms with E-state index in [4.69, 9.17) is 14.2 Å². The van der Waals surface area contributed by atoms with Gasteiger partial charge in [0.1, 0.15) is 18.5 Å². The number of ether oxygens (including phenoxy) is 3. The van der Waals surface area contributed by atoms with E-state index in [0.717, 1.165) is 17.7 Å². The van der Waals surface area contributed by atoms with Gasteiger partial charge in [0.25, 0.3) is 0 Å². The summed E-state index contributed by atoms with van der Waals surface area (Å²) in [6.45, 7) is 5.29. The summed E-state index contributed by atoms with van der Waals surface area (Å²) in [6, 6.07) is 21.1. The molecule has 35 heavy (non-hydrogen) atoms. The van der Waals surface area contributed by atoms with Gasteiger partial charge in [-0.1, -0.05) is 54.1 Å². The van der Waals surface area contributed by atoms with Crippen LogP contribution >= 0.6 is 0 Å². The molecule has 0 bridgehead atoms. The van der Waals surface area contributed by atoms with Gasteiger partial charge >= 0.3 is 0 Å². The fourth-order valence-corrected chi connectivity index (χ4v) is 5.06. The standard InChI is InChI=1S/C30H34O5/c1-19-3-7-23-17-34-30(28(23)11-19)18-33-26-9-5-21(6-10-26)12-24-13-22(8-4-20(24)2)29-15-25(32)14-27(16-31)35-29/h3-11,13,25,27,29-32H,12,14-18H2,1-2H3/t25-,27-,29+,30?/m0/s1. The smallest absolute Gasteiger partial charge is 0.119 e. The maximum atomic E-state index is 10.2. The predicted molar refractivity (Wildman–Crippen MR) is 135 cm³/mol. The van der Waals surface area contributed by atoms with Crippen molar-refractivity contribution in [1.82, 2.24) is 0 Å². The second kappa shape index (κ2) is 10.5. The van der Waals surface area contributed by atoms with Crippen LogP contribution in [0.4, 0.5) is 0 Å². The van der Waals surface area contributed by atoms with Crippen molar-refractivity contribution in [3.8, 4) is 5.75 Å². The molecule has 0 aliphatic carbocycles. The maximum absolute atomic E-state index is 10.2.